The van der Waals surface area contributed by atoms with Gasteiger partial charge < -0.3 is 15.3 Å². The number of β-amino-alcohol motifs (C(OH)–C–C–N with tert-alkyl or cyclic N) is 1. The molecule has 18 heavy (non-hydrogen) atoms. The Labute approximate surface area is 120 Å². The number of nitrogens with zero attached hydrogens (tertiary/aromatic N) is 1. The molecular formula is C13H18INO3. The molecule has 0 amide bonds. The number of aliphatic hydroxyl groups is 2. The molecule has 0 saturated carbocycles. The maximum Gasteiger partial charge on any atom is 0.119 e. The topological polar surface area (TPSA) is 63.9 Å². The number of rotatable bonds is 4. The quantitative estimate of drug-likeness (QED) is 0.554. The van der Waals surface area contributed by atoms with Crippen LogP contribution in [-0.2, 0) is 11.0 Å². The van der Waals surface area contributed by atoms with Gasteiger partial charge in [-0.15, -0.1) is 0 Å². The molecule has 2 rings (SSSR count). The highest BCUT2D eigenvalue weighted by Crippen LogP contribution is 2.24. The van der Waals surface area contributed by atoms with Crippen molar-refractivity contribution in [1.29, 1.82) is 0 Å². The molecule has 1 heterocycles. The first-order valence-corrected chi connectivity index (χ1v) is 7.54. The number of halogens is 1. The van der Waals surface area contributed by atoms with E-state index < -0.39 is 6.10 Å². The Bertz CT molecular complexity index is 413. The van der Waals surface area contributed by atoms with Gasteiger partial charge in [-0.1, -0.05) is 34.7 Å². The van der Waals surface area contributed by atoms with E-state index >= 15 is 0 Å². The molecule has 0 aliphatic carbocycles. The van der Waals surface area contributed by atoms with Crippen LogP contribution < -0.4 is 0 Å². The first-order chi connectivity index (χ1) is 8.63. The molecule has 2 unspecified atom stereocenters. The summed E-state index contributed by atoms with van der Waals surface area (Å²) in [6.45, 7) is 2.10. The first-order valence-electron chi connectivity index (χ1n) is 6.02. The molecule has 2 atom stereocenters. The van der Waals surface area contributed by atoms with Gasteiger partial charge in [-0.2, -0.15) is 0 Å². The molecule has 1 aliphatic rings. The van der Waals surface area contributed by atoms with Crippen LogP contribution in [0.5, 0.6) is 5.75 Å². The fraction of sp³-hybridized carbons (Fsp3) is 0.538. The van der Waals surface area contributed by atoms with Gasteiger partial charge in [-0.05, 0) is 11.6 Å². The Hall–Kier alpha value is -0.370. The molecule has 0 bridgehead atoms. The number of likely N-dealkylation sites (tertiary alicyclic amines) is 1. The second kappa shape index (κ2) is 6.18. The molecule has 3 N–H and O–H groups in total. The van der Waals surface area contributed by atoms with Crippen molar-refractivity contribution in [3.8, 4) is 5.75 Å². The minimum atomic E-state index is -0.434. The first kappa shape index (κ1) is 14.0. The van der Waals surface area contributed by atoms with Gasteiger partial charge in [0, 0.05) is 42.2 Å². The molecule has 1 fully saturated rings. The molecule has 0 radical (unpaired) electrons. The van der Waals surface area contributed by atoms with E-state index in [9.17, 15) is 10.2 Å². The summed E-state index contributed by atoms with van der Waals surface area (Å²) in [5.41, 5.74) is 2.07. The minimum absolute atomic E-state index is 0.0340. The number of hydrogen-bond donors (Lipinski definition) is 3. The highest BCUT2D eigenvalue weighted by atomic mass is 127. The number of aromatic hydroxyl groups is 1. The lowest BCUT2D eigenvalue weighted by molar-refractivity contribution is 0.103. The maximum absolute atomic E-state index is 9.74. The van der Waals surface area contributed by atoms with Crippen molar-refractivity contribution >= 4 is 22.6 Å². The van der Waals surface area contributed by atoms with Crippen LogP contribution in [0, 0.1) is 5.92 Å². The van der Waals surface area contributed by atoms with E-state index in [1.165, 1.54) is 0 Å². The van der Waals surface area contributed by atoms with E-state index in [-0.39, 0.29) is 12.5 Å². The number of phenols is 1. The standard InChI is InChI=1S/C13H18INO3/c14-4-10-3-9(1-2-12(10)17)5-15-6-11(8-16)13(18)7-15/h1-3,11,13,16-18H,4-8H2. The second-order valence-electron chi connectivity index (χ2n) is 4.80. The van der Waals surface area contributed by atoms with Crippen LogP contribution in [-0.4, -0.2) is 46.0 Å². The van der Waals surface area contributed by atoms with Gasteiger partial charge in [0.25, 0.3) is 0 Å². The predicted octanol–water partition coefficient (Wildman–Crippen LogP) is 1.11. The SMILES string of the molecule is OCC1CN(Cc2ccc(O)c(CI)c2)CC1O. The van der Waals surface area contributed by atoms with Crippen LogP contribution in [0.15, 0.2) is 18.2 Å². The van der Waals surface area contributed by atoms with E-state index in [1.54, 1.807) is 6.07 Å². The number of aliphatic hydroxyl groups excluding tert-OH is 2. The Morgan fingerprint density at radius 2 is 2.11 bits per heavy atom. The molecule has 0 spiro atoms. The number of hydrogen-bond acceptors (Lipinski definition) is 4. The van der Waals surface area contributed by atoms with Gasteiger partial charge in [-0.3, -0.25) is 4.90 Å². The van der Waals surface area contributed by atoms with E-state index in [1.807, 2.05) is 12.1 Å². The van der Waals surface area contributed by atoms with Crippen molar-refractivity contribution in [3.63, 3.8) is 0 Å². The van der Waals surface area contributed by atoms with Crippen LogP contribution in [0.2, 0.25) is 0 Å². The van der Waals surface area contributed by atoms with Crippen molar-refractivity contribution in [2.75, 3.05) is 19.7 Å². The summed E-state index contributed by atoms with van der Waals surface area (Å²) >= 11 is 2.23. The van der Waals surface area contributed by atoms with Crippen molar-refractivity contribution in [2.24, 2.45) is 5.92 Å². The fourth-order valence-electron chi connectivity index (χ4n) is 2.35. The zero-order chi connectivity index (χ0) is 13.1. The summed E-state index contributed by atoms with van der Waals surface area (Å²) in [7, 11) is 0. The van der Waals surface area contributed by atoms with Gasteiger partial charge in [-0.25, -0.2) is 0 Å². The fourth-order valence-corrected chi connectivity index (χ4v) is 2.96. The Balaban J connectivity index is 2.02. The Morgan fingerprint density at radius 3 is 2.72 bits per heavy atom. The van der Waals surface area contributed by atoms with Gasteiger partial charge in [0.1, 0.15) is 5.75 Å². The number of alkyl halides is 1. The summed E-state index contributed by atoms with van der Waals surface area (Å²) < 4.78 is 0.777. The highest BCUT2D eigenvalue weighted by Gasteiger charge is 2.30. The van der Waals surface area contributed by atoms with E-state index in [0.29, 0.717) is 12.3 Å². The maximum atomic E-state index is 9.74. The Morgan fingerprint density at radius 1 is 1.33 bits per heavy atom. The largest absolute Gasteiger partial charge is 0.508 e. The summed E-state index contributed by atoms with van der Waals surface area (Å²) in [5.74, 6) is 0.300. The van der Waals surface area contributed by atoms with Gasteiger partial charge >= 0.3 is 0 Å². The van der Waals surface area contributed by atoms with E-state index in [0.717, 1.165) is 28.6 Å². The van der Waals surface area contributed by atoms with E-state index in [2.05, 4.69) is 27.5 Å². The molecule has 4 nitrogen and oxygen atoms in total. The number of benzene rings is 1. The molecule has 1 saturated heterocycles. The summed E-state index contributed by atoms with van der Waals surface area (Å²) in [6.07, 6.45) is -0.434. The summed E-state index contributed by atoms with van der Waals surface area (Å²) in [5, 5.41) is 28.5. The molecule has 1 aromatic rings. The third-order valence-corrected chi connectivity index (χ3v) is 4.23. The predicted molar refractivity (Wildman–Crippen MR) is 77.7 cm³/mol. The number of phenolic OH excluding ortho intramolecular Hbond substituents is 1. The smallest absolute Gasteiger partial charge is 0.119 e. The molecule has 0 aromatic heterocycles. The zero-order valence-electron chi connectivity index (χ0n) is 10.1. The average molecular weight is 363 g/mol. The third kappa shape index (κ3) is 3.14. The Kier molecular flexibility index (Phi) is 4.83. The molecule has 5 heteroatoms. The second-order valence-corrected chi connectivity index (χ2v) is 5.56. The van der Waals surface area contributed by atoms with Crippen molar-refractivity contribution in [1.82, 2.24) is 4.90 Å². The monoisotopic (exact) mass is 363 g/mol. The van der Waals surface area contributed by atoms with Crippen molar-refractivity contribution < 1.29 is 15.3 Å². The van der Waals surface area contributed by atoms with Crippen LogP contribution in [0.4, 0.5) is 0 Å². The van der Waals surface area contributed by atoms with Crippen LogP contribution >= 0.6 is 22.6 Å². The van der Waals surface area contributed by atoms with Gasteiger partial charge in [0.2, 0.25) is 0 Å². The molecule has 1 aliphatic heterocycles. The lowest BCUT2D eigenvalue weighted by Crippen LogP contribution is -2.21. The third-order valence-electron chi connectivity index (χ3n) is 3.41. The van der Waals surface area contributed by atoms with Crippen LogP contribution in [0.25, 0.3) is 0 Å². The lowest BCUT2D eigenvalue weighted by atomic mass is 10.1. The van der Waals surface area contributed by atoms with Crippen molar-refractivity contribution in [3.05, 3.63) is 29.3 Å². The molecular weight excluding hydrogens is 345 g/mol. The minimum Gasteiger partial charge on any atom is -0.508 e. The lowest BCUT2D eigenvalue weighted by Gasteiger charge is -2.16. The van der Waals surface area contributed by atoms with Crippen LogP contribution in [0.1, 0.15) is 11.1 Å². The highest BCUT2D eigenvalue weighted by molar-refractivity contribution is 14.1. The van der Waals surface area contributed by atoms with Crippen molar-refractivity contribution in [2.45, 2.75) is 17.1 Å². The normalized spacial score (nSPS) is 24.6. The molecule has 100 valence electrons. The summed E-state index contributed by atoms with van der Waals surface area (Å²) in [6, 6.07) is 5.63. The van der Waals surface area contributed by atoms with Crippen LogP contribution in [0.3, 0.4) is 0 Å². The van der Waals surface area contributed by atoms with Gasteiger partial charge in [0.05, 0.1) is 6.10 Å². The molecule has 1 aromatic carbocycles. The summed E-state index contributed by atoms with van der Waals surface area (Å²) in [4.78, 5) is 2.13. The average Bonchev–Trinajstić information content (AvgIpc) is 2.72. The zero-order valence-corrected chi connectivity index (χ0v) is 12.2. The van der Waals surface area contributed by atoms with E-state index in [4.69, 9.17) is 5.11 Å². The van der Waals surface area contributed by atoms with Gasteiger partial charge in [0.15, 0.2) is 0 Å².